The normalized spacial score (nSPS) is 13.3. The third-order valence-corrected chi connectivity index (χ3v) is 5.03. The first-order valence-electron chi connectivity index (χ1n) is 10.5. The van der Waals surface area contributed by atoms with Gasteiger partial charge < -0.3 is 15.4 Å². The van der Waals surface area contributed by atoms with Crippen molar-refractivity contribution in [1.29, 1.82) is 0 Å². The number of benzene rings is 3. The first-order chi connectivity index (χ1) is 16.0. The highest BCUT2D eigenvalue weighted by Gasteiger charge is 2.40. The molecule has 0 aromatic heterocycles. The summed E-state index contributed by atoms with van der Waals surface area (Å²) < 4.78 is 5.47. The molecule has 2 N–H and O–H groups in total. The number of ether oxygens (including phenoxy) is 1. The van der Waals surface area contributed by atoms with Crippen LogP contribution in [0.4, 0.5) is 17.1 Å². The fourth-order valence-corrected chi connectivity index (χ4v) is 3.60. The second-order valence-electron chi connectivity index (χ2n) is 7.37. The predicted molar refractivity (Wildman–Crippen MR) is 128 cm³/mol. The molecule has 1 aliphatic heterocycles. The monoisotopic (exact) mass is 441 g/mol. The SMILES string of the molecule is CCOc1ccc(NC2=C(c3ccccc3)C(=O)N(c3ccc(NC(C)=O)cc3)C2=O)cc1. The van der Waals surface area contributed by atoms with E-state index in [2.05, 4.69) is 10.6 Å². The van der Waals surface area contributed by atoms with E-state index < -0.39 is 11.8 Å². The van der Waals surface area contributed by atoms with Crippen molar-refractivity contribution >= 4 is 40.4 Å². The minimum atomic E-state index is -0.458. The Balaban J connectivity index is 1.69. The molecular weight excluding hydrogens is 418 g/mol. The maximum absolute atomic E-state index is 13.4. The van der Waals surface area contributed by atoms with Gasteiger partial charge in [-0.1, -0.05) is 30.3 Å². The van der Waals surface area contributed by atoms with Gasteiger partial charge in [-0.05, 0) is 61.0 Å². The second kappa shape index (κ2) is 9.40. The van der Waals surface area contributed by atoms with Crippen molar-refractivity contribution in [3.05, 3.63) is 90.1 Å². The quantitative estimate of drug-likeness (QED) is 0.529. The van der Waals surface area contributed by atoms with Crippen LogP contribution in [0.5, 0.6) is 5.75 Å². The molecule has 33 heavy (non-hydrogen) atoms. The summed E-state index contributed by atoms with van der Waals surface area (Å²) in [4.78, 5) is 39.3. The van der Waals surface area contributed by atoms with Crippen LogP contribution in [0.15, 0.2) is 84.6 Å². The summed E-state index contributed by atoms with van der Waals surface area (Å²) in [6.07, 6.45) is 0. The lowest BCUT2D eigenvalue weighted by molar-refractivity contribution is -0.120. The van der Waals surface area contributed by atoms with Crippen LogP contribution in [0.2, 0.25) is 0 Å². The van der Waals surface area contributed by atoms with Crippen LogP contribution >= 0.6 is 0 Å². The summed E-state index contributed by atoms with van der Waals surface area (Å²) in [5.41, 5.74) is 2.78. The van der Waals surface area contributed by atoms with E-state index in [0.717, 1.165) is 10.6 Å². The molecule has 3 aromatic rings. The Morgan fingerprint density at radius 1 is 0.848 bits per heavy atom. The van der Waals surface area contributed by atoms with E-state index >= 15 is 0 Å². The number of carbonyl (C=O) groups excluding carboxylic acids is 3. The zero-order valence-corrected chi connectivity index (χ0v) is 18.3. The molecule has 0 fully saturated rings. The van der Waals surface area contributed by atoms with Gasteiger partial charge in [-0.3, -0.25) is 14.4 Å². The molecule has 4 rings (SSSR count). The molecule has 3 aromatic carbocycles. The van der Waals surface area contributed by atoms with E-state index in [1.54, 1.807) is 60.7 Å². The zero-order valence-electron chi connectivity index (χ0n) is 18.3. The number of nitrogens with zero attached hydrogens (tertiary/aromatic N) is 1. The van der Waals surface area contributed by atoms with Gasteiger partial charge >= 0.3 is 0 Å². The summed E-state index contributed by atoms with van der Waals surface area (Å²) in [7, 11) is 0. The number of carbonyl (C=O) groups is 3. The first-order valence-corrected chi connectivity index (χ1v) is 10.5. The highest BCUT2D eigenvalue weighted by atomic mass is 16.5. The lowest BCUT2D eigenvalue weighted by Gasteiger charge is -2.16. The van der Waals surface area contributed by atoms with Crippen molar-refractivity contribution in [2.24, 2.45) is 0 Å². The molecule has 7 nitrogen and oxygen atoms in total. The van der Waals surface area contributed by atoms with Crippen molar-refractivity contribution in [3.8, 4) is 5.75 Å². The fourth-order valence-electron chi connectivity index (χ4n) is 3.60. The molecule has 1 heterocycles. The van der Waals surface area contributed by atoms with Gasteiger partial charge in [0.25, 0.3) is 11.8 Å². The van der Waals surface area contributed by atoms with E-state index in [1.165, 1.54) is 6.92 Å². The van der Waals surface area contributed by atoms with Crippen LogP contribution < -0.4 is 20.3 Å². The minimum Gasteiger partial charge on any atom is -0.494 e. The van der Waals surface area contributed by atoms with Crippen molar-refractivity contribution < 1.29 is 19.1 Å². The van der Waals surface area contributed by atoms with Crippen LogP contribution in [0.3, 0.4) is 0 Å². The van der Waals surface area contributed by atoms with Crippen LogP contribution in [0.1, 0.15) is 19.4 Å². The number of hydrogen-bond donors (Lipinski definition) is 2. The largest absolute Gasteiger partial charge is 0.494 e. The van der Waals surface area contributed by atoms with E-state index in [4.69, 9.17) is 4.74 Å². The lowest BCUT2D eigenvalue weighted by atomic mass is 10.0. The van der Waals surface area contributed by atoms with Crippen LogP contribution in [-0.2, 0) is 14.4 Å². The Bertz CT molecular complexity index is 1220. The van der Waals surface area contributed by atoms with Gasteiger partial charge in [0.05, 0.1) is 17.9 Å². The highest BCUT2D eigenvalue weighted by Crippen LogP contribution is 2.34. The van der Waals surface area contributed by atoms with Gasteiger partial charge in [-0.2, -0.15) is 0 Å². The summed E-state index contributed by atoms with van der Waals surface area (Å²) in [6, 6.07) is 22.8. The topological polar surface area (TPSA) is 87.7 Å². The molecule has 0 saturated heterocycles. The molecule has 0 atom stereocenters. The van der Waals surface area contributed by atoms with E-state index in [1.807, 2.05) is 25.1 Å². The standard InChI is InChI=1S/C26H23N3O4/c1-3-33-22-15-11-20(12-16-22)28-24-23(18-7-5-4-6-8-18)25(31)29(26(24)32)21-13-9-19(10-14-21)27-17(2)30/h4-16,28H,3H2,1-2H3,(H,27,30). The van der Waals surface area contributed by atoms with Crippen LogP contribution in [0, 0.1) is 0 Å². The Morgan fingerprint density at radius 2 is 1.48 bits per heavy atom. The number of nitrogens with one attached hydrogen (secondary N) is 2. The molecule has 0 spiro atoms. The predicted octanol–water partition coefficient (Wildman–Crippen LogP) is 4.44. The number of imide groups is 1. The average molecular weight is 441 g/mol. The molecule has 0 unspecified atom stereocenters. The maximum atomic E-state index is 13.4. The van der Waals surface area contributed by atoms with Crippen LogP contribution in [0.25, 0.3) is 5.57 Å². The molecule has 0 radical (unpaired) electrons. The van der Waals surface area contributed by atoms with Crippen LogP contribution in [-0.4, -0.2) is 24.3 Å². The Kier molecular flexibility index (Phi) is 6.22. The van der Waals surface area contributed by atoms with Crippen molar-refractivity contribution in [2.75, 3.05) is 22.1 Å². The Morgan fingerprint density at radius 3 is 2.09 bits per heavy atom. The van der Waals surface area contributed by atoms with Gasteiger partial charge in [-0.25, -0.2) is 4.90 Å². The smallest absolute Gasteiger partial charge is 0.282 e. The molecule has 1 aliphatic rings. The number of hydrogen-bond acceptors (Lipinski definition) is 5. The molecule has 166 valence electrons. The van der Waals surface area contributed by atoms with E-state index in [0.29, 0.717) is 34.8 Å². The summed E-state index contributed by atoms with van der Waals surface area (Å²) in [5, 5.41) is 5.81. The number of amides is 3. The highest BCUT2D eigenvalue weighted by molar-refractivity contribution is 6.46. The third-order valence-electron chi connectivity index (χ3n) is 5.03. The van der Waals surface area contributed by atoms with E-state index in [-0.39, 0.29) is 11.6 Å². The first kappa shape index (κ1) is 21.8. The summed E-state index contributed by atoms with van der Waals surface area (Å²) in [6.45, 7) is 3.87. The van der Waals surface area contributed by atoms with Gasteiger partial charge in [0.15, 0.2) is 0 Å². The van der Waals surface area contributed by atoms with Crippen molar-refractivity contribution in [2.45, 2.75) is 13.8 Å². The lowest BCUT2D eigenvalue weighted by Crippen LogP contribution is -2.32. The Hall–Kier alpha value is -4.39. The zero-order chi connectivity index (χ0) is 23.4. The average Bonchev–Trinajstić information content (AvgIpc) is 3.05. The van der Waals surface area contributed by atoms with Crippen molar-refractivity contribution in [3.63, 3.8) is 0 Å². The van der Waals surface area contributed by atoms with Gasteiger partial charge in [0, 0.05) is 18.3 Å². The molecule has 0 saturated carbocycles. The minimum absolute atomic E-state index is 0.196. The van der Waals surface area contributed by atoms with Gasteiger partial charge in [0.2, 0.25) is 5.91 Å². The van der Waals surface area contributed by atoms with E-state index in [9.17, 15) is 14.4 Å². The number of anilines is 3. The fraction of sp³-hybridized carbons (Fsp3) is 0.115. The molecule has 0 bridgehead atoms. The van der Waals surface area contributed by atoms with Gasteiger partial charge in [0.1, 0.15) is 11.4 Å². The second-order valence-corrected chi connectivity index (χ2v) is 7.37. The molecule has 7 heteroatoms. The maximum Gasteiger partial charge on any atom is 0.282 e. The number of rotatable bonds is 7. The molecular formula is C26H23N3O4. The summed E-state index contributed by atoms with van der Waals surface area (Å²) >= 11 is 0. The third kappa shape index (κ3) is 4.62. The van der Waals surface area contributed by atoms with Gasteiger partial charge in [-0.15, -0.1) is 0 Å². The molecule has 3 amide bonds. The molecule has 0 aliphatic carbocycles. The Labute approximate surface area is 191 Å². The summed E-state index contributed by atoms with van der Waals surface area (Å²) in [5.74, 6) is -0.368. The van der Waals surface area contributed by atoms with Crippen molar-refractivity contribution in [1.82, 2.24) is 0 Å².